The van der Waals surface area contributed by atoms with E-state index in [0.717, 1.165) is 18.1 Å². The minimum Gasteiger partial charge on any atom is -0.374 e. The molecule has 1 unspecified atom stereocenters. The average molecular weight is 252 g/mol. The van der Waals surface area contributed by atoms with Gasteiger partial charge >= 0.3 is 0 Å². The minimum atomic E-state index is 0.449. The van der Waals surface area contributed by atoms with Gasteiger partial charge in [-0.05, 0) is 20.3 Å². The second-order valence-electron chi connectivity index (χ2n) is 4.28. The molecule has 0 aliphatic rings. The SMILES string of the molecule is CCOCc1nc(NC)cc(N(C)C(C)CC)n1. The fourth-order valence-corrected chi connectivity index (χ4v) is 1.55. The first kappa shape index (κ1) is 14.7. The summed E-state index contributed by atoms with van der Waals surface area (Å²) in [5, 5.41) is 3.06. The van der Waals surface area contributed by atoms with Gasteiger partial charge < -0.3 is 15.0 Å². The van der Waals surface area contributed by atoms with E-state index in [2.05, 4.69) is 41.1 Å². The summed E-state index contributed by atoms with van der Waals surface area (Å²) in [6.07, 6.45) is 1.08. The average Bonchev–Trinajstić information content (AvgIpc) is 2.42. The second-order valence-corrected chi connectivity index (χ2v) is 4.28. The van der Waals surface area contributed by atoms with E-state index < -0.39 is 0 Å². The summed E-state index contributed by atoms with van der Waals surface area (Å²) in [6, 6.07) is 2.41. The maximum atomic E-state index is 5.37. The number of ether oxygens (including phenoxy) is 1. The van der Waals surface area contributed by atoms with Crippen LogP contribution in [0.4, 0.5) is 11.6 Å². The quantitative estimate of drug-likeness (QED) is 0.807. The van der Waals surface area contributed by atoms with E-state index in [1.165, 1.54) is 0 Å². The highest BCUT2D eigenvalue weighted by molar-refractivity contribution is 5.49. The van der Waals surface area contributed by atoms with Crippen molar-refractivity contribution in [3.63, 3.8) is 0 Å². The molecule has 0 fully saturated rings. The molecule has 0 aliphatic heterocycles. The molecule has 0 bridgehead atoms. The van der Waals surface area contributed by atoms with Crippen LogP contribution in [0.5, 0.6) is 0 Å². The third kappa shape index (κ3) is 3.84. The van der Waals surface area contributed by atoms with Crippen molar-refractivity contribution in [3.05, 3.63) is 11.9 Å². The molecule has 18 heavy (non-hydrogen) atoms. The molecule has 0 aliphatic carbocycles. The fraction of sp³-hybridized carbons (Fsp3) is 0.692. The predicted octanol–water partition coefficient (Wildman–Crippen LogP) is 2.29. The molecule has 0 spiro atoms. The van der Waals surface area contributed by atoms with Gasteiger partial charge in [-0.15, -0.1) is 0 Å². The Morgan fingerprint density at radius 3 is 2.67 bits per heavy atom. The van der Waals surface area contributed by atoms with Crippen LogP contribution >= 0.6 is 0 Å². The van der Waals surface area contributed by atoms with E-state index >= 15 is 0 Å². The number of hydrogen-bond acceptors (Lipinski definition) is 5. The molecule has 5 nitrogen and oxygen atoms in total. The number of rotatable bonds is 7. The molecule has 0 saturated carbocycles. The molecule has 1 atom stereocenters. The van der Waals surface area contributed by atoms with Crippen molar-refractivity contribution < 1.29 is 4.74 Å². The second kappa shape index (κ2) is 7.16. The number of aromatic nitrogens is 2. The van der Waals surface area contributed by atoms with Crippen LogP contribution in [0.3, 0.4) is 0 Å². The molecular weight excluding hydrogens is 228 g/mol. The highest BCUT2D eigenvalue weighted by Gasteiger charge is 2.12. The van der Waals surface area contributed by atoms with Gasteiger partial charge in [0.2, 0.25) is 0 Å². The van der Waals surface area contributed by atoms with Crippen LogP contribution in [0.2, 0.25) is 0 Å². The maximum absolute atomic E-state index is 5.37. The zero-order chi connectivity index (χ0) is 13.5. The van der Waals surface area contributed by atoms with Gasteiger partial charge in [-0.2, -0.15) is 0 Å². The van der Waals surface area contributed by atoms with E-state index in [1.807, 2.05) is 20.0 Å². The van der Waals surface area contributed by atoms with Crippen molar-refractivity contribution in [1.82, 2.24) is 9.97 Å². The third-order valence-electron chi connectivity index (χ3n) is 3.06. The Morgan fingerprint density at radius 1 is 1.39 bits per heavy atom. The summed E-state index contributed by atoms with van der Waals surface area (Å²) in [5.74, 6) is 2.47. The van der Waals surface area contributed by atoms with Gasteiger partial charge in [-0.1, -0.05) is 6.92 Å². The highest BCUT2D eigenvalue weighted by atomic mass is 16.5. The van der Waals surface area contributed by atoms with Crippen LogP contribution in [0.15, 0.2) is 6.07 Å². The lowest BCUT2D eigenvalue weighted by atomic mass is 10.2. The number of anilines is 2. The molecule has 0 aromatic carbocycles. The minimum absolute atomic E-state index is 0.449. The molecular formula is C13H24N4O. The van der Waals surface area contributed by atoms with Gasteiger partial charge in [0.15, 0.2) is 5.82 Å². The molecule has 0 amide bonds. The van der Waals surface area contributed by atoms with Crippen LogP contribution < -0.4 is 10.2 Å². The maximum Gasteiger partial charge on any atom is 0.158 e. The Morgan fingerprint density at radius 2 is 2.11 bits per heavy atom. The van der Waals surface area contributed by atoms with Crippen LogP contribution in [0.25, 0.3) is 0 Å². The Hall–Kier alpha value is -1.36. The molecule has 0 radical (unpaired) electrons. The molecule has 1 aromatic rings. The van der Waals surface area contributed by atoms with Crippen molar-refractivity contribution in [2.75, 3.05) is 30.9 Å². The number of hydrogen-bond donors (Lipinski definition) is 1. The van der Waals surface area contributed by atoms with E-state index in [9.17, 15) is 0 Å². The number of nitrogens with zero attached hydrogens (tertiary/aromatic N) is 3. The van der Waals surface area contributed by atoms with Crippen molar-refractivity contribution in [2.24, 2.45) is 0 Å². The summed E-state index contributed by atoms with van der Waals surface area (Å²) in [5.41, 5.74) is 0. The lowest BCUT2D eigenvalue weighted by Gasteiger charge is -2.25. The molecule has 1 aromatic heterocycles. The first-order valence-corrected chi connectivity index (χ1v) is 6.48. The summed E-state index contributed by atoms with van der Waals surface area (Å²) in [6.45, 7) is 7.44. The molecule has 102 valence electrons. The molecule has 5 heteroatoms. The van der Waals surface area contributed by atoms with Gasteiger partial charge in [0.05, 0.1) is 0 Å². The lowest BCUT2D eigenvalue weighted by molar-refractivity contribution is 0.128. The topological polar surface area (TPSA) is 50.3 Å². The van der Waals surface area contributed by atoms with Gasteiger partial charge in [-0.3, -0.25) is 0 Å². The highest BCUT2D eigenvalue weighted by Crippen LogP contribution is 2.18. The predicted molar refractivity (Wildman–Crippen MR) is 75.1 cm³/mol. The van der Waals surface area contributed by atoms with Crippen molar-refractivity contribution in [1.29, 1.82) is 0 Å². The third-order valence-corrected chi connectivity index (χ3v) is 3.06. The van der Waals surface area contributed by atoms with Gasteiger partial charge in [0, 0.05) is 32.8 Å². The van der Waals surface area contributed by atoms with Gasteiger partial charge in [-0.25, -0.2) is 9.97 Å². The Kier molecular flexibility index (Phi) is 5.85. The van der Waals surface area contributed by atoms with Gasteiger partial charge in [0.25, 0.3) is 0 Å². The summed E-state index contributed by atoms with van der Waals surface area (Å²) in [4.78, 5) is 11.1. The normalized spacial score (nSPS) is 12.3. The molecule has 1 rings (SSSR count). The van der Waals surface area contributed by atoms with Crippen molar-refractivity contribution in [2.45, 2.75) is 39.8 Å². The van der Waals surface area contributed by atoms with Crippen molar-refractivity contribution in [3.8, 4) is 0 Å². The molecule has 0 saturated heterocycles. The fourth-order valence-electron chi connectivity index (χ4n) is 1.55. The smallest absolute Gasteiger partial charge is 0.158 e. The molecule has 1 N–H and O–H groups in total. The van der Waals surface area contributed by atoms with E-state index in [4.69, 9.17) is 4.74 Å². The largest absolute Gasteiger partial charge is 0.374 e. The van der Waals surface area contributed by atoms with Crippen LogP contribution in [0.1, 0.15) is 33.0 Å². The van der Waals surface area contributed by atoms with E-state index in [1.54, 1.807) is 0 Å². The van der Waals surface area contributed by atoms with Crippen molar-refractivity contribution >= 4 is 11.6 Å². The van der Waals surface area contributed by atoms with E-state index in [0.29, 0.717) is 25.1 Å². The lowest BCUT2D eigenvalue weighted by Crippen LogP contribution is -2.29. The van der Waals surface area contributed by atoms with Crippen LogP contribution in [-0.4, -0.2) is 36.7 Å². The van der Waals surface area contributed by atoms with Crippen LogP contribution in [0, 0.1) is 0 Å². The monoisotopic (exact) mass is 252 g/mol. The zero-order valence-corrected chi connectivity index (χ0v) is 12.0. The number of nitrogens with one attached hydrogen (secondary N) is 1. The first-order chi connectivity index (χ1) is 8.62. The van der Waals surface area contributed by atoms with Gasteiger partial charge in [0.1, 0.15) is 18.2 Å². The summed E-state index contributed by atoms with van der Waals surface area (Å²) >= 11 is 0. The summed E-state index contributed by atoms with van der Waals surface area (Å²) in [7, 11) is 3.92. The standard InChI is InChI=1S/C13H24N4O/c1-6-10(3)17(5)13-8-11(14-4)15-12(16-13)9-18-7-2/h8,10H,6-7,9H2,1-5H3,(H,14,15,16). The molecule has 1 heterocycles. The Bertz CT molecular complexity index is 370. The Balaban J connectivity index is 2.95. The first-order valence-electron chi connectivity index (χ1n) is 6.48. The van der Waals surface area contributed by atoms with Crippen LogP contribution in [-0.2, 0) is 11.3 Å². The summed E-state index contributed by atoms with van der Waals surface area (Å²) < 4.78 is 5.37. The Labute approximate surface area is 110 Å². The zero-order valence-electron chi connectivity index (χ0n) is 12.0. The van der Waals surface area contributed by atoms with E-state index in [-0.39, 0.29) is 0 Å².